The largest absolute Gasteiger partial charge is 0.456 e. The van der Waals surface area contributed by atoms with Crippen molar-refractivity contribution in [2.75, 3.05) is 26.4 Å². The van der Waals surface area contributed by atoms with Crippen LogP contribution in [-0.2, 0) is 33.2 Å². The number of carbonyl (C=O) groups is 1. The Balaban J connectivity index is 0.964. The maximum atomic E-state index is 12.0. The van der Waals surface area contributed by atoms with Crippen molar-refractivity contribution < 1.29 is 33.2 Å². The Morgan fingerprint density at radius 2 is 1.62 bits per heavy atom. The molecule has 0 radical (unpaired) electrons. The van der Waals surface area contributed by atoms with Crippen LogP contribution in [-0.4, -0.2) is 69.2 Å². The van der Waals surface area contributed by atoms with Crippen LogP contribution in [0.1, 0.15) is 38.5 Å². The van der Waals surface area contributed by atoms with E-state index in [4.69, 9.17) is 28.4 Å². The molecule has 0 aromatic carbocycles. The summed E-state index contributed by atoms with van der Waals surface area (Å²) in [5.74, 6) is 0.548. The van der Waals surface area contributed by atoms with Crippen LogP contribution in [0.3, 0.4) is 0 Å². The van der Waals surface area contributed by atoms with Gasteiger partial charge < -0.3 is 28.4 Å². The Morgan fingerprint density at radius 3 is 2.35 bits per heavy atom. The molecule has 5 rings (SSSR count). The van der Waals surface area contributed by atoms with E-state index in [1.807, 2.05) is 0 Å². The molecule has 3 aliphatic heterocycles. The highest BCUT2D eigenvalue weighted by Gasteiger charge is 2.47. The topological polar surface area (TPSA) is 79.1 Å². The van der Waals surface area contributed by atoms with Gasteiger partial charge in [0, 0.05) is 5.92 Å². The zero-order valence-electron chi connectivity index (χ0n) is 15.0. The van der Waals surface area contributed by atoms with Gasteiger partial charge in [-0.3, -0.25) is 0 Å². The molecule has 3 heterocycles. The highest BCUT2D eigenvalue weighted by atomic mass is 16.7. The van der Waals surface area contributed by atoms with Gasteiger partial charge in [0.25, 0.3) is 0 Å². The fourth-order valence-electron chi connectivity index (χ4n) is 4.69. The SMILES string of the molecule is O=C(COCC1CCC2OC2C1)OC1COC(C2CCC3OC3C2)OC1. The molecule has 2 saturated carbocycles. The van der Waals surface area contributed by atoms with Gasteiger partial charge in [0.1, 0.15) is 12.7 Å². The summed E-state index contributed by atoms with van der Waals surface area (Å²) in [4.78, 5) is 12.0. The smallest absolute Gasteiger partial charge is 0.332 e. The third kappa shape index (κ3) is 4.07. The van der Waals surface area contributed by atoms with Gasteiger partial charge >= 0.3 is 5.97 Å². The van der Waals surface area contributed by atoms with Crippen molar-refractivity contribution in [1.29, 1.82) is 0 Å². The van der Waals surface area contributed by atoms with E-state index in [2.05, 4.69) is 0 Å². The van der Waals surface area contributed by atoms with E-state index in [1.54, 1.807) is 0 Å². The molecule has 0 N–H and O–H groups in total. The van der Waals surface area contributed by atoms with E-state index in [1.165, 1.54) is 0 Å². The van der Waals surface area contributed by atoms with Crippen molar-refractivity contribution >= 4 is 5.97 Å². The molecule has 6 atom stereocenters. The summed E-state index contributed by atoms with van der Waals surface area (Å²) >= 11 is 0. The lowest BCUT2D eigenvalue weighted by Gasteiger charge is -2.34. The first-order valence-corrected chi connectivity index (χ1v) is 10.1. The molecule has 6 unspecified atom stereocenters. The lowest BCUT2D eigenvalue weighted by molar-refractivity contribution is -0.247. The van der Waals surface area contributed by atoms with Crippen LogP contribution in [0.25, 0.3) is 0 Å². The molecule has 3 saturated heterocycles. The van der Waals surface area contributed by atoms with Gasteiger partial charge in [-0.2, -0.15) is 0 Å². The highest BCUT2D eigenvalue weighted by molar-refractivity contribution is 5.70. The van der Waals surface area contributed by atoms with E-state index in [0.717, 1.165) is 38.5 Å². The van der Waals surface area contributed by atoms with Crippen molar-refractivity contribution in [3.8, 4) is 0 Å². The normalized spacial score (nSPS) is 46.8. The van der Waals surface area contributed by atoms with Gasteiger partial charge in [-0.25, -0.2) is 4.79 Å². The van der Waals surface area contributed by atoms with Crippen molar-refractivity contribution in [2.24, 2.45) is 11.8 Å². The molecule has 5 fully saturated rings. The molecular formula is C19H28O7. The van der Waals surface area contributed by atoms with Crippen LogP contribution >= 0.6 is 0 Å². The molecule has 7 heteroatoms. The molecule has 5 aliphatic rings. The number of hydrogen-bond donors (Lipinski definition) is 0. The fourth-order valence-corrected chi connectivity index (χ4v) is 4.69. The maximum Gasteiger partial charge on any atom is 0.332 e. The summed E-state index contributed by atoms with van der Waals surface area (Å²) in [6, 6.07) is 0. The number of epoxide rings is 2. The molecule has 26 heavy (non-hydrogen) atoms. The lowest BCUT2D eigenvalue weighted by atomic mass is 9.88. The first kappa shape index (κ1) is 17.4. The number of fused-ring (bicyclic) bond motifs is 2. The molecule has 0 bridgehead atoms. The monoisotopic (exact) mass is 368 g/mol. The van der Waals surface area contributed by atoms with Gasteiger partial charge in [-0.05, 0) is 44.4 Å². The van der Waals surface area contributed by atoms with Crippen molar-refractivity contribution in [3.63, 3.8) is 0 Å². The number of ether oxygens (including phenoxy) is 6. The first-order chi connectivity index (χ1) is 12.7. The zero-order chi connectivity index (χ0) is 17.5. The van der Waals surface area contributed by atoms with Crippen LogP contribution in [0.2, 0.25) is 0 Å². The summed E-state index contributed by atoms with van der Waals surface area (Å²) in [6.07, 6.45) is 7.79. The quantitative estimate of drug-likeness (QED) is 0.518. The summed E-state index contributed by atoms with van der Waals surface area (Å²) < 4.78 is 33.6. The number of carbonyl (C=O) groups excluding carboxylic acids is 1. The Bertz CT molecular complexity index is 518. The third-order valence-corrected chi connectivity index (χ3v) is 6.31. The van der Waals surface area contributed by atoms with E-state index in [0.29, 0.717) is 56.1 Å². The summed E-state index contributed by atoms with van der Waals surface area (Å²) in [7, 11) is 0. The van der Waals surface area contributed by atoms with Gasteiger partial charge in [-0.15, -0.1) is 0 Å². The molecule has 0 amide bonds. The third-order valence-electron chi connectivity index (χ3n) is 6.31. The van der Waals surface area contributed by atoms with E-state index in [9.17, 15) is 4.79 Å². The molecular weight excluding hydrogens is 340 g/mol. The standard InChI is InChI=1S/C19H28O7/c20-18(10-21-7-11-1-3-14-16(5-11)25-14)24-13-8-22-19(23-9-13)12-2-4-15-17(6-12)26-15/h11-17,19H,1-10H2. The molecule has 2 aliphatic carbocycles. The van der Waals surface area contributed by atoms with Crippen LogP contribution in [0.4, 0.5) is 0 Å². The van der Waals surface area contributed by atoms with Crippen LogP contribution in [0, 0.1) is 11.8 Å². The minimum absolute atomic E-state index is 0.00554. The predicted molar refractivity (Wildman–Crippen MR) is 88.4 cm³/mol. The Morgan fingerprint density at radius 1 is 0.885 bits per heavy atom. The Hall–Kier alpha value is -0.730. The van der Waals surface area contributed by atoms with Crippen molar-refractivity contribution in [3.05, 3.63) is 0 Å². The molecule has 0 aromatic heterocycles. The summed E-state index contributed by atoms with van der Waals surface area (Å²) in [5, 5.41) is 0. The molecule has 7 nitrogen and oxygen atoms in total. The Kier molecular flexibility index (Phi) is 4.92. The fraction of sp³-hybridized carbons (Fsp3) is 0.947. The second kappa shape index (κ2) is 7.36. The number of hydrogen-bond acceptors (Lipinski definition) is 7. The van der Waals surface area contributed by atoms with E-state index < -0.39 is 0 Å². The van der Waals surface area contributed by atoms with Crippen molar-refractivity contribution in [2.45, 2.75) is 75.3 Å². The van der Waals surface area contributed by atoms with Crippen molar-refractivity contribution in [1.82, 2.24) is 0 Å². The predicted octanol–water partition coefficient (Wildman–Crippen LogP) is 1.42. The average Bonchev–Trinajstić information content (AvgIpc) is 3.55. The van der Waals surface area contributed by atoms with E-state index in [-0.39, 0.29) is 25.0 Å². The van der Waals surface area contributed by atoms with Crippen LogP contribution < -0.4 is 0 Å². The summed E-state index contributed by atoms with van der Waals surface area (Å²) in [6.45, 7) is 1.39. The second-order valence-corrected chi connectivity index (χ2v) is 8.34. The first-order valence-electron chi connectivity index (χ1n) is 10.1. The van der Waals surface area contributed by atoms with Gasteiger partial charge in [0.2, 0.25) is 0 Å². The summed E-state index contributed by atoms with van der Waals surface area (Å²) in [5.41, 5.74) is 0. The average molecular weight is 368 g/mol. The highest BCUT2D eigenvalue weighted by Crippen LogP contribution is 2.42. The maximum absolute atomic E-state index is 12.0. The van der Waals surface area contributed by atoms with Crippen LogP contribution in [0.5, 0.6) is 0 Å². The molecule has 146 valence electrons. The van der Waals surface area contributed by atoms with E-state index >= 15 is 0 Å². The minimum Gasteiger partial charge on any atom is -0.456 e. The molecule has 0 spiro atoms. The van der Waals surface area contributed by atoms with Crippen LogP contribution in [0.15, 0.2) is 0 Å². The number of rotatable bonds is 6. The lowest BCUT2D eigenvalue weighted by Crippen LogP contribution is -2.43. The van der Waals surface area contributed by atoms with Gasteiger partial charge in [-0.1, -0.05) is 0 Å². The number of esters is 1. The second-order valence-electron chi connectivity index (χ2n) is 8.34. The zero-order valence-corrected chi connectivity index (χ0v) is 15.0. The molecule has 0 aromatic rings. The van der Waals surface area contributed by atoms with Gasteiger partial charge in [0.15, 0.2) is 6.29 Å². The Labute approximate surface area is 153 Å². The van der Waals surface area contributed by atoms with Gasteiger partial charge in [0.05, 0.1) is 44.2 Å². The minimum atomic E-state index is -0.344.